The van der Waals surface area contributed by atoms with Crippen LogP contribution >= 0.6 is 11.6 Å². The van der Waals surface area contributed by atoms with Gasteiger partial charge in [0.2, 0.25) is 0 Å². The lowest BCUT2D eigenvalue weighted by atomic mass is 9.83. The first-order valence-corrected chi connectivity index (χ1v) is 8.67. The summed E-state index contributed by atoms with van der Waals surface area (Å²) in [6.07, 6.45) is 0.471. The number of hydrogen-bond donors (Lipinski definition) is 2. The molecule has 3 rings (SSSR count). The molecule has 0 aliphatic carbocycles. The predicted molar refractivity (Wildman–Crippen MR) is 99.6 cm³/mol. The van der Waals surface area contributed by atoms with Gasteiger partial charge in [-0.25, -0.2) is 0 Å². The zero-order chi connectivity index (χ0) is 18.9. The fraction of sp³-hybridized carbons (Fsp3) is 0.316. The summed E-state index contributed by atoms with van der Waals surface area (Å²) < 4.78 is 0. The van der Waals surface area contributed by atoms with Crippen molar-refractivity contribution in [1.82, 2.24) is 15.0 Å². The van der Waals surface area contributed by atoms with E-state index in [1.54, 1.807) is 29.1 Å². The molecule has 0 spiro atoms. The Balaban J connectivity index is 1.88. The van der Waals surface area contributed by atoms with Gasteiger partial charge in [-0.3, -0.25) is 4.79 Å². The Bertz CT molecular complexity index is 966. The predicted octanol–water partition coefficient (Wildman–Crippen LogP) is 3.79. The van der Waals surface area contributed by atoms with Crippen LogP contribution in [0.1, 0.15) is 31.4 Å². The molecule has 1 aromatic heterocycles. The van der Waals surface area contributed by atoms with E-state index in [0.717, 1.165) is 16.6 Å². The van der Waals surface area contributed by atoms with Gasteiger partial charge in [-0.1, -0.05) is 37.6 Å². The van der Waals surface area contributed by atoms with Crippen LogP contribution in [0.3, 0.4) is 0 Å². The van der Waals surface area contributed by atoms with Crippen LogP contribution < -0.4 is 0 Å². The number of aromatic nitrogens is 3. The summed E-state index contributed by atoms with van der Waals surface area (Å²) in [7, 11) is 0. The van der Waals surface area contributed by atoms with Gasteiger partial charge in [0.25, 0.3) is 0 Å². The topological polar surface area (TPSA) is 88.2 Å². The highest BCUT2D eigenvalue weighted by Gasteiger charge is 2.26. The minimum Gasteiger partial charge on any atom is -0.508 e. The molecule has 0 saturated heterocycles. The molecule has 0 bridgehead atoms. The number of halogens is 1. The summed E-state index contributed by atoms with van der Waals surface area (Å²) in [4.78, 5) is 12.4. The Morgan fingerprint density at radius 3 is 2.62 bits per heavy atom. The van der Waals surface area contributed by atoms with Crippen LogP contribution in [0.2, 0.25) is 5.02 Å². The van der Waals surface area contributed by atoms with E-state index in [4.69, 9.17) is 16.7 Å². The number of aliphatic carboxylic acids is 1. The molecule has 3 aromatic rings. The fourth-order valence-corrected chi connectivity index (χ4v) is 3.14. The smallest absolute Gasteiger partial charge is 0.303 e. The lowest BCUT2D eigenvalue weighted by molar-refractivity contribution is -0.136. The number of hydrogen-bond acceptors (Lipinski definition) is 4. The van der Waals surface area contributed by atoms with Gasteiger partial charge in [0.05, 0.1) is 6.54 Å². The molecule has 0 unspecified atom stereocenters. The number of fused-ring (bicyclic) bond motifs is 1. The van der Waals surface area contributed by atoms with Crippen molar-refractivity contribution < 1.29 is 15.0 Å². The number of carboxylic acid groups (broad SMARTS) is 1. The highest BCUT2D eigenvalue weighted by atomic mass is 35.5. The molecule has 1 heterocycles. The summed E-state index contributed by atoms with van der Waals surface area (Å²) >= 11 is 6.00. The zero-order valence-corrected chi connectivity index (χ0v) is 15.4. The second-order valence-corrected chi connectivity index (χ2v) is 7.43. The van der Waals surface area contributed by atoms with Gasteiger partial charge in [0, 0.05) is 22.4 Å². The molecule has 2 N–H and O–H groups in total. The molecule has 136 valence electrons. The van der Waals surface area contributed by atoms with E-state index in [2.05, 4.69) is 10.2 Å². The van der Waals surface area contributed by atoms with Crippen molar-refractivity contribution in [3.8, 4) is 5.75 Å². The van der Waals surface area contributed by atoms with E-state index in [1.165, 1.54) is 0 Å². The molecule has 0 aliphatic rings. The van der Waals surface area contributed by atoms with Crippen molar-refractivity contribution in [1.29, 1.82) is 0 Å². The largest absolute Gasteiger partial charge is 0.508 e. The maximum Gasteiger partial charge on any atom is 0.303 e. The van der Waals surface area contributed by atoms with E-state index >= 15 is 0 Å². The average molecular weight is 374 g/mol. The lowest BCUT2D eigenvalue weighted by Crippen LogP contribution is -2.26. The molecular formula is C19H20ClN3O3. The first-order chi connectivity index (χ1) is 12.2. The molecular weight excluding hydrogens is 354 g/mol. The van der Waals surface area contributed by atoms with Gasteiger partial charge >= 0.3 is 5.97 Å². The Hall–Kier alpha value is -2.60. The fourth-order valence-electron chi connectivity index (χ4n) is 2.97. The number of phenols is 1. The summed E-state index contributed by atoms with van der Waals surface area (Å²) in [6.45, 7) is 4.43. The van der Waals surface area contributed by atoms with E-state index in [9.17, 15) is 9.90 Å². The molecule has 0 saturated carbocycles. The SMILES string of the molecule is CC(C)(Cn1nc2ccc(Cl)cc2n1)c1cc(CCC(=O)O)ccc1O. The number of carbonyl (C=O) groups is 1. The maximum atomic E-state index is 10.8. The van der Waals surface area contributed by atoms with Crippen molar-refractivity contribution >= 4 is 28.6 Å². The normalized spacial score (nSPS) is 11.8. The molecule has 0 aliphatic heterocycles. The van der Waals surface area contributed by atoms with E-state index in [-0.39, 0.29) is 12.2 Å². The first-order valence-electron chi connectivity index (χ1n) is 8.29. The minimum absolute atomic E-state index is 0.0531. The molecule has 7 heteroatoms. The highest BCUT2D eigenvalue weighted by molar-refractivity contribution is 6.31. The molecule has 2 aromatic carbocycles. The summed E-state index contributed by atoms with van der Waals surface area (Å²) in [6, 6.07) is 10.6. The molecule has 0 radical (unpaired) electrons. The summed E-state index contributed by atoms with van der Waals surface area (Å²) in [5.41, 5.74) is 2.62. The van der Waals surface area contributed by atoms with Crippen LogP contribution in [0.5, 0.6) is 5.75 Å². The maximum absolute atomic E-state index is 10.8. The van der Waals surface area contributed by atoms with Crippen molar-refractivity contribution in [3.05, 3.63) is 52.5 Å². The zero-order valence-electron chi connectivity index (χ0n) is 14.6. The Labute approximate surface area is 156 Å². The van der Waals surface area contributed by atoms with Crippen molar-refractivity contribution in [2.45, 2.75) is 38.6 Å². The van der Waals surface area contributed by atoms with Gasteiger partial charge in [0.1, 0.15) is 16.8 Å². The van der Waals surface area contributed by atoms with E-state index in [1.807, 2.05) is 26.0 Å². The van der Waals surface area contributed by atoms with Crippen LogP contribution in [0, 0.1) is 0 Å². The number of benzene rings is 2. The Morgan fingerprint density at radius 2 is 1.88 bits per heavy atom. The van der Waals surface area contributed by atoms with E-state index < -0.39 is 11.4 Å². The number of nitrogens with zero attached hydrogens (tertiary/aromatic N) is 3. The second kappa shape index (κ2) is 6.96. The Kier molecular flexibility index (Phi) is 4.87. The number of carboxylic acids is 1. The van der Waals surface area contributed by atoms with Gasteiger partial charge in [0.15, 0.2) is 0 Å². The van der Waals surface area contributed by atoms with Crippen LogP contribution in [-0.4, -0.2) is 31.2 Å². The Morgan fingerprint density at radius 1 is 1.15 bits per heavy atom. The lowest BCUT2D eigenvalue weighted by Gasteiger charge is -2.26. The number of phenolic OH excluding ortho intramolecular Hbond substituents is 1. The summed E-state index contributed by atoms with van der Waals surface area (Å²) in [5, 5.41) is 28.7. The molecule has 0 atom stereocenters. The second-order valence-electron chi connectivity index (χ2n) is 6.99. The van der Waals surface area contributed by atoms with Gasteiger partial charge < -0.3 is 10.2 Å². The van der Waals surface area contributed by atoms with Crippen molar-refractivity contribution in [2.24, 2.45) is 0 Å². The van der Waals surface area contributed by atoms with Gasteiger partial charge in [-0.05, 0) is 36.2 Å². The van der Waals surface area contributed by atoms with Gasteiger partial charge in [-0.15, -0.1) is 0 Å². The van der Waals surface area contributed by atoms with Crippen LogP contribution in [0.15, 0.2) is 36.4 Å². The summed E-state index contributed by atoms with van der Waals surface area (Å²) in [5.74, 6) is -0.668. The average Bonchev–Trinajstić information content (AvgIpc) is 2.94. The highest BCUT2D eigenvalue weighted by Crippen LogP contribution is 2.33. The van der Waals surface area contributed by atoms with E-state index in [0.29, 0.717) is 23.5 Å². The third kappa shape index (κ3) is 3.96. The number of aromatic hydroxyl groups is 1. The first kappa shape index (κ1) is 18.2. The van der Waals surface area contributed by atoms with Crippen molar-refractivity contribution in [3.63, 3.8) is 0 Å². The number of aryl methyl sites for hydroxylation is 1. The third-order valence-electron chi connectivity index (χ3n) is 4.34. The van der Waals surface area contributed by atoms with Crippen LogP contribution in [0.25, 0.3) is 11.0 Å². The van der Waals surface area contributed by atoms with Crippen LogP contribution in [0.4, 0.5) is 0 Å². The monoisotopic (exact) mass is 373 g/mol. The van der Waals surface area contributed by atoms with Gasteiger partial charge in [-0.2, -0.15) is 15.0 Å². The standard InChI is InChI=1S/C19H20ClN3O3/c1-19(2,11-23-21-15-6-5-13(20)10-16(15)22-23)14-9-12(3-7-17(14)24)4-8-18(25)26/h3,5-7,9-10,24H,4,8,11H2,1-2H3,(H,25,26). The number of rotatable bonds is 6. The molecule has 6 nitrogen and oxygen atoms in total. The molecule has 26 heavy (non-hydrogen) atoms. The third-order valence-corrected chi connectivity index (χ3v) is 4.57. The van der Waals surface area contributed by atoms with Crippen molar-refractivity contribution in [2.75, 3.05) is 0 Å². The molecule has 0 amide bonds. The molecule has 0 fully saturated rings. The van der Waals surface area contributed by atoms with Crippen LogP contribution in [-0.2, 0) is 23.2 Å². The minimum atomic E-state index is -0.843. The quantitative estimate of drug-likeness (QED) is 0.686.